The lowest BCUT2D eigenvalue weighted by atomic mass is 9.92. The van der Waals surface area contributed by atoms with Crippen LogP contribution in [0, 0.1) is 5.41 Å². The molecule has 2 aromatic rings. The van der Waals surface area contributed by atoms with Gasteiger partial charge in [-0.05, 0) is 24.0 Å². The first-order chi connectivity index (χ1) is 8.97. The monoisotopic (exact) mass is 256 g/mol. The number of para-hydroxylation sites is 1. The van der Waals surface area contributed by atoms with Crippen LogP contribution in [0.3, 0.4) is 0 Å². The van der Waals surface area contributed by atoms with E-state index in [1.165, 1.54) is 0 Å². The Morgan fingerprint density at radius 1 is 1.21 bits per heavy atom. The van der Waals surface area contributed by atoms with Crippen molar-refractivity contribution >= 4 is 16.8 Å². The summed E-state index contributed by atoms with van der Waals surface area (Å²) in [5.41, 5.74) is 1.78. The molecule has 0 fully saturated rings. The third-order valence-electron chi connectivity index (χ3n) is 3.05. The smallest absolute Gasteiger partial charge is 0.252 e. The third-order valence-corrected chi connectivity index (χ3v) is 3.05. The van der Waals surface area contributed by atoms with Crippen LogP contribution in [-0.2, 0) is 0 Å². The number of hydrogen-bond acceptors (Lipinski definition) is 2. The molecule has 0 spiro atoms. The zero-order valence-corrected chi connectivity index (χ0v) is 11.7. The van der Waals surface area contributed by atoms with Gasteiger partial charge in [0.05, 0.1) is 11.1 Å². The fourth-order valence-corrected chi connectivity index (χ4v) is 1.94. The van der Waals surface area contributed by atoms with Gasteiger partial charge in [0.25, 0.3) is 5.91 Å². The summed E-state index contributed by atoms with van der Waals surface area (Å²) < 4.78 is 0. The highest BCUT2D eigenvalue weighted by molar-refractivity contribution is 6.05. The molecule has 0 radical (unpaired) electrons. The van der Waals surface area contributed by atoms with Crippen molar-refractivity contribution in [1.82, 2.24) is 10.3 Å². The Morgan fingerprint density at radius 3 is 2.68 bits per heavy atom. The molecule has 0 saturated heterocycles. The second-order valence-corrected chi connectivity index (χ2v) is 5.94. The van der Waals surface area contributed by atoms with Crippen LogP contribution in [0.5, 0.6) is 0 Å². The van der Waals surface area contributed by atoms with Crippen LogP contribution in [-0.4, -0.2) is 17.4 Å². The first-order valence-electron chi connectivity index (χ1n) is 6.59. The summed E-state index contributed by atoms with van der Waals surface area (Å²) in [6.45, 7) is 7.20. The van der Waals surface area contributed by atoms with Gasteiger partial charge in [0.2, 0.25) is 0 Å². The van der Waals surface area contributed by atoms with Crippen molar-refractivity contribution in [1.29, 1.82) is 0 Å². The van der Waals surface area contributed by atoms with Crippen LogP contribution in [0.1, 0.15) is 37.6 Å². The molecule has 1 heterocycles. The van der Waals surface area contributed by atoms with Gasteiger partial charge in [-0.1, -0.05) is 39.0 Å². The molecule has 3 nitrogen and oxygen atoms in total. The Bertz CT molecular complexity index is 579. The number of pyridine rings is 1. The molecule has 0 aliphatic carbocycles. The molecule has 1 N–H and O–H groups in total. The highest BCUT2D eigenvalue weighted by Gasteiger charge is 2.13. The largest absolute Gasteiger partial charge is 0.352 e. The minimum absolute atomic E-state index is 0.0251. The van der Waals surface area contributed by atoms with Gasteiger partial charge in [-0.2, -0.15) is 0 Å². The molecule has 100 valence electrons. The SMILES string of the molecule is CC(C)(C)CCNC(=O)c1ccnc2ccccc12. The maximum absolute atomic E-state index is 12.2. The molecule has 0 saturated carbocycles. The van der Waals surface area contributed by atoms with Gasteiger partial charge in [0.1, 0.15) is 0 Å². The van der Waals surface area contributed by atoms with Crippen LogP contribution < -0.4 is 5.32 Å². The van der Waals surface area contributed by atoms with E-state index in [1.54, 1.807) is 12.3 Å². The maximum Gasteiger partial charge on any atom is 0.252 e. The number of aromatic nitrogens is 1. The zero-order chi connectivity index (χ0) is 13.9. The number of rotatable bonds is 3. The second-order valence-electron chi connectivity index (χ2n) is 5.94. The fourth-order valence-electron chi connectivity index (χ4n) is 1.94. The molecule has 2 rings (SSSR count). The van der Waals surface area contributed by atoms with Crippen molar-refractivity contribution in [2.24, 2.45) is 5.41 Å². The molecule has 0 bridgehead atoms. The van der Waals surface area contributed by atoms with Crippen LogP contribution in [0.4, 0.5) is 0 Å². The lowest BCUT2D eigenvalue weighted by Crippen LogP contribution is -2.27. The summed E-state index contributed by atoms with van der Waals surface area (Å²) in [5.74, 6) is -0.0251. The van der Waals surface area contributed by atoms with Crippen molar-refractivity contribution in [3.8, 4) is 0 Å². The number of carbonyl (C=O) groups is 1. The number of hydrogen-bond donors (Lipinski definition) is 1. The third kappa shape index (κ3) is 3.53. The van der Waals surface area contributed by atoms with Crippen LogP contribution in [0.2, 0.25) is 0 Å². The minimum Gasteiger partial charge on any atom is -0.352 e. The molecule has 0 atom stereocenters. The van der Waals surface area contributed by atoms with E-state index in [9.17, 15) is 4.79 Å². The van der Waals surface area contributed by atoms with Crippen LogP contribution in [0.25, 0.3) is 10.9 Å². The van der Waals surface area contributed by atoms with Crippen LogP contribution in [0.15, 0.2) is 36.5 Å². The van der Waals surface area contributed by atoms with E-state index < -0.39 is 0 Å². The first kappa shape index (κ1) is 13.5. The number of carbonyl (C=O) groups excluding carboxylic acids is 1. The van der Waals surface area contributed by atoms with Gasteiger partial charge in [0, 0.05) is 18.1 Å². The average Bonchev–Trinajstić information content (AvgIpc) is 2.36. The van der Waals surface area contributed by atoms with E-state index >= 15 is 0 Å². The molecule has 1 aromatic heterocycles. The summed E-state index contributed by atoms with van der Waals surface area (Å²) in [6, 6.07) is 9.48. The fraction of sp³-hybridized carbons (Fsp3) is 0.375. The predicted molar refractivity (Wildman–Crippen MR) is 78.1 cm³/mol. The Morgan fingerprint density at radius 2 is 1.95 bits per heavy atom. The molecule has 0 aliphatic heterocycles. The molecular weight excluding hydrogens is 236 g/mol. The van der Waals surface area contributed by atoms with E-state index in [4.69, 9.17) is 0 Å². The van der Waals surface area contributed by atoms with Crippen LogP contribution >= 0.6 is 0 Å². The molecule has 0 unspecified atom stereocenters. The van der Waals surface area contributed by atoms with E-state index in [1.807, 2.05) is 24.3 Å². The molecule has 1 aromatic carbocycles. The van der Waals surface area contributed by atoms with Crippen molar-refractivity contribution in [2.45, 2.75) is 27.2 Å². The van der Waals surface area contributed by atoms with Gasteiger partial charge in [-0.15, -0.1) is 0 Å². The quantitative estimate of drug-likeness (QED) is 0.914. The lowest BCUT2D eigenvalue weighted by Gasteiger charge is -2.18. The van der Waals surface area contributed by atoms with E-state index in [-0.39, 0.29) is 11.3 Å². The van der Waals surface area contributed by atoms with E-state index in [2.05, 4.69) is 31.1 Å². The van der Waals surface area contributed by atoms with Crippen molar-refractivity contribution in [3.05, 3.63) is 42.1 Å². The molecule has 19 heavy (non-hydrogen) atoms. The predicted octanol–water partition coefficient (Wildman–Crippen LogP) is 3.40. The summed E-state index contributed by atoms with van der Waals surface area (Å²) in [7, 11) is 0. The Balaban J connectivity index is 2.14. The van der Waals surface area contributed by atoms with Gasteiger partial charge in [-0.3, -0.25) is 9.78 Å². The van der Waals surface area contributed by atoms with Crippen molar-refractivity contribution in [3.63, 3.8) is 0 Å². The number of nitrogens with one attached hydrogen (secondary N) is 1. The average molecular weight is 256 g/mol. The van der Waals surface area contributed by atoms with Crippen molar-refractivity contribution < 1.29 is 4.79 Å². The molecule has 3 heteroatoms. The van der Waals surface area contributed by atoms with E-state index in [0.717, 1.165) is 17.3 Å². The number of nitrogens with zero attached hydrogens (tertiary/aromatic N) is 1. The first-order valence-corrected chi connectivity index (χ1v) is 6.59. The maximum atomic E-state index is 12.2. The molecule has 1 amide bonds. The highest BCUT2D eigenvalue weighted by atomic mass is 16.1. The zero-order valence-electron chi connectivity index (χ0n) is 11.7. The van der Waals surface area contributed by atoms with Gasteiger partial charge in [0.15, 0.2) is 0 Å². The molecule has 0 aliphatic rings. The van der Waals surface area contributed by atoms with E-state index in [0.29, 0.717) is 12.1 Å². The Labute approximate surface area is 114 Å². The summed E-state index contributed by atoms with van der Waals surface area (Å²) in [5, 5.41) is 3.88. The van der Waals surface area contributed by atoms with Crippen molar-refractivity contribution in [2.75, 3.05) is 6.54 Å². The second kappa shape index (κ2) is 5.39. The number of amides is 1. The normalized spacial score (nSPS) is 11.5. The summed E-state index contributed by atoms with van der Waals surface area (Å²) >= 11 is 0. The number of benzene rings is 1. The Kier molecular flexibility index (Phi) is 3.84. The summed E-state index contributed by atoms with van der Waals surface area (Å²) in [4.78, 5) is 16.5. The topological polar surface area (TPSA) is 42.0 Å². The summed E-state index contributed by atoms with van der Waals surface area (Å²) in [6.07, 6.45) is 2.64. The van der Waals surface area contributed by atoms with Gasteiger partial charge < -0.3 is 5.32 Å². The standard InChI is InChI=1S/C16H20N2O/c1-16(2,3)9-11-18-15(19)13-8-10-17-14-7-5-4-6-12(13)14/h4-8,10H,9,11H2,1-3H3,(H,18,19). The molecular formula is C16H20N2O. The number of fused-ring (bicyclic) bond motifs is 1. The minimum atomic E-state index is -0.0251. The lowest BCUT2D eigenvalue weighted by molar-refractivity contribution is 0.0951. The van der Waals surface area contributed by atoms with Gasteiger partial charge >= 0.3 is 0 Å². The Hall–Kier alpha value is -1.90. The van der Waals surface area contributed by atoms with Gasteiger partial charge in [-0.25, -0.2) is 0 Å². The highest BCUT2D eigenvalue weighted by Crippen LogP contribution is 2.18.